The van der Waals surface area contributed by atoms with Crippen LogP contribution < -0.4 is 10.1 Å². The number of nitrogens with zero attached hydrogens (tertiary/aromatic N) is 3. The Labute approximate surface area is 148 Å². The summed E-state index contributed by atoms with van der Waals surface area (Å²) >= 11 is 0. The van der Waals surface area contributed by atoms with Crippen LogP contribution in [-0.2, 0) is 11.8 Å². The quantitative estimate of drug-likeness (QED) is 0.877. The fourth-order valence-electron chi connectivity index (χ4n) is 3.28. The second-order valence-corrected chi connectivity index (χ2v) is 6.50. The van der Waals surface area contributed by atoms with Crippen molar-refractivity contribution in [3.63, 3.8) is 0 Å². The maximum atomic E-state index is 12.2. The van der Waals surface area contributed by atoms with Crippen LogP contribution in [-0.4, -0.2) is 46.8 Å². The number of aryl methyl sites for hydroxylation is 1. The highest BCUT2D eigenvalue weighted by Gasteiger charge is 2.22. The predicted octanol–water partition coefficient (Wildman–Crippen LogP) is 2.64. The number of carbonyl (C=O) groups is 1. The molecule has 2 heterocycles. The van der Waals surface area contributed by atoms with Crippen LogP contribution in [0.5, 0.6) is 5.75 Å². The molecule has 0 aliphatic carbocycles. The van der Waals surface area contributed by atoms with Gasteiger partial charge in [0.25, 0.3) is 0 Å². The fourth-order valence-corrected chi connectivity index (χ4v) is 3.28. The molecule has 1 amide bonds. The van der Waals surface area contributed by atoms with Gasteiger partial charge in [-0.3, -0.25) is 14.4 Å². The summed E-state index contributed by atoms with van der Waals surface area (Å²) in [7, 11) is 1.95. The Morgan fingerprint density at radius 2 is 2.00 bits per heavy atom. The Morgan fingerprint density at radius 1 is 1.28 bits per heavy atom. The van der Waals surface area contributed by atoms with Gasteiger partial charge in [-0.2, -0.15) is 5.10 Å². The molecule has 6 heteroatoms. The maximum absolute atomic E-state index is 12.2. The standard InChI is InChI=1S/C19H26N4O2/c1-3-25-18-6-4-17(5-7-18)21-19(24)14-23-10-8-15(9-11-23)16-12-20-22(2)13-16/h4-7,12-13,15H,3,8-11,14H2,1-2H3,(H,21,24). The van der Waals surface area contributed by atoms with E-state index < -0.39 is 0 Å². The van der Waals surface area contributed by atoms with E-state index in [1.807, 2.05) is 49.1 Å². The topological polar surface area (TPSA) is 59.4 Å². The third-order valence-corrected chi connectivity index (χ3v) is 4.60. The highest BCUT2D eigenvalue weighted by atomic mass is 16.5. The van der Waals surface area contributed by atoms with E-state index >= 15 is 0 Å². The van der Waals surface area contributed by atoms with E-state index in [0.29, 0.717) is 19.1 Å². The van der Waals surface area contributed by atoms with Crippen molar-refractivity contribution in [2.75, 3.05) is 31.6 Å². The smallest absolute Gasteiger partial charge is 0.238 e. The number of anilines is 1. The Kier molecular flexibility index (Phi) is 5.71. The van der Waals surface area contributed by atoms with Gasteiger partial charge in [-0.1, -0.05) is 0 Å². The second-order valence-electron chi connectivity index (χ2n) is 6.50. The molecule has 1 N–H and O–H groups in total. The van der Waals surface area contributed by atoms with Crippen LogP contribution >= 0.6 is 0 Å². The van der Waals surface area contributed by atoms with E-state index in [-0.39, 0.29) is 5.91 Å². The zero-order valence-electron chi connectivity index (χ0n) is 14.9. The number of benzene rings is 1. The van der Waals surface area contributed by atoms with Gasteiger partial charge in [-0.15, -0.1) is 0 Å². The van der Waals surface area contributed by atoms with Crippen LogP contribution in [0.3, 0.4) is 0 Å². The molecule has 1 aromatic heterocycles. The monoisotopic (exact) mass is 342 g/mol. The number of hydrogen-bond acceptors (Lipinski definition) is 4. The lowest BCUT2D eigenvalue weighted by atomic mass is 9.91. The number of carbonyl (C=O) groups excluding carboxylic acids is 1. The van der Waals surface area contributed by atoms with Crippen molar-refractivity contribution in [1.29, 1.82) is 0 Å². The number of likely N-dealkylation sites (tertiary alicyclic amines) is 1. The molecule has 0 spiro atoms. The average molecular weight is 342 g/mol. The summed E-state index contributed by atoms with van der Waals surface area (Å²) in [5.74, 6) is 1.40. The molecule has 0 bridgehead atoms. The first kappa shape index (κ1) is 17.5. The van der Waals surface area contributed by atoms with Crippen molar-refractivity contribution in [1.82, 2.24) is 14.7 Å². The molecule has 1 aromatic carbocycles. The number of piperidine rings is 1. The molecule has 0 atom stereocenters. The lowest BCUT2D eigenvalue weighted by Crippen LogP contribution is -2.38. The van der Waals surface area contributed by atoms with Crippen LogP contribution in [0.2, 0.25) is 0 Å². The van der Waals surface area contributed by atoms with Crippen molar-refractivity contribution in [3.8, 4) is 5.75 Å². The summed E-state index contributed by atoms with van der Waals surface area (Å²) in [6, 6.07) is 7.49. The lowest BCUT2D eigenvalue weighted by molar-refractivity contribution is -0.117. The van der Waals surface area contributed by atoms with Crippen molar-refractivity contribution in [2.45, 2.75) is 25.7 Å². The first-order valence-corrected chi connectivity index (χ1v) is 8.87. The second kappa shape index (κ2) is 8.16. The largest absolute Gasteiger partial charge is 0.494 e. The van der Waals surface area contributed by atoms with E-state index in [1.165, 1.54) is 5.56 Å². The summed E-state index contributed by atoms with van der Waals surface area (Å²) in [5.41, 5.74) is 2.11. The van der Waals surface area contributed by atoms with Crippen molar-refractivity contribution < 1.29 is 9.53 Å². The highest BCUT2D eigenvalue weighted by molar-refractivity contribution is 5.92. The molecule has 1 fully saturated rings. The summed E-state index contributed by atoms with van der Waals surface area (Å²) in [6.07, 6.45) is 6.20. The van der Waals surface area contributed by atoms with Gasteiger partial charge in [-0.25, -0.2) is 0 Å². The van der Waals surface area contributed by atoms with Crippen molar-refractivity contribution in [3.05, 3.63) is 42.2 Å². The minimum Gasteiger partial charge on any atom is -0.494 e. The van der Waals surface area contributed by atoms with Gasteiger partial charge >= 0.3 is 0 Å². The number of amides is 1. The molecule has 134 valence electrons. The number of ether oxygens (including phenoxy) is 1. The molecule has 25 heavy (non-hydrogen) atoms. The minimum absolute atomic E-state index is 0.0315. The molecule has 1 saturated heterocycles. The number of rotatable bonds is 6. The van der Waals surface area contributed by atoms with Gasteiger partial charge in [0.1, 0.15) is 5.75 Å². The third kappa shape index (κ3) is 4.82. The Hall–Kier alpha value is -2.34. The van der Waals surface area contributed by atoms with Gasteiger partial charge in [0.05, 0.1) is 19.3 Å². The molecule has 1 aliphatic heterocycles. The first-order valence-electron chi connectivity index (χ1n) is 8.87. The van der Waals surface area contributed by atoms with E-state index in [1.54, 1.807) is 0 Å². The van der Waals surface area contributed by atoms with E-state index in [4.69, 9.17) is 4.74 Å². The van der Waals surface area contributed by atoms with Crippen LogP contribution in [0, 0.1) is 0 Å². The van der Waals surface area contributed by atoms with Crippen LogP contribution in [0.4, 0.5) is 5.69 Å². The Balaban J connectivity index is 1.44. The van der Waals surface area contributed by atoms with Gasteiger partial charge in [-0.05, 0) is 68.6 Å². The molecule has 0 saturated carbocycles. The zero-order chi connectivity index (χ0) is 17.6. The summed E-state index contributed by atoms with van der Waals surface area (Å²) < 4.78 is 7.26. The van der Waals surface area contributed by atoms with E-state index in [0.717, 1.165) is 37.4 Å². The van der Waals surface area contributed by atoms with E-state index in [9.17, 15) is 4.79 Å². The molecular weight excluding hydrogens is 316 g/mol. The van der Waals surface area contributed by atoms with Crippen LogP contribution in [0.15, 0.2) is 36.7 Å². The Bertz CT molecular complexity index is 688. The summed E-state index contributed by atoms with van der Waals surface area (Å²) in [6.45, 7) is 4.91. The molecule has 3 rings (SSSR count). The molecule has 1 aliphatic rings. The van der Waals surface area contributed by atoms with Crippen molar-refractivity contribution >= 4 is 11.6 Å². The van der Waals surface area contributed by atoms with Gasteiger partial charge in [0.15, 0.2) is 0 Å². The third-order valence-electron chi connectivity index (χ3n) is 4.60. The zero-order valence-corrected chi connectivity index (χ0v) is 14.9. The SMILES string of the molecule is CCOc1ccc(NC(=O)CN2CCC(c3cnn(C)c3)CC2)cc1. The average Bonchev–Trinajstić information content (AvgIpc) is 3.04. The number of hydrogen-bond donors (Lipinski definition) is 1. The molecule has 2 aromatic rings. The maximum Gasteiger partial charge on any atom is 0.238 e. The first-order chi connectivity index (χ1) is 12.1. The number of nitrogens with one attached hydrogen (secondary N) is 1. The molecule has 6 nitrogen and oxygen atoms in total. The fraction of sp³-hybridized carbons (Fsp3) is 0.474. The van der Waals surface area contributed by atoms with Crippen molar-refractivity contribution in [2.24, 2.45) is 7.05 Å². The van der Waals surface area contributed by atoms with Crippen LogP contribution in [0.1, 0.15) is 31.2 Å². The van der Waals surface area contributed by atoms with Gasteiger partial charge in [0, 0.05) is 18.9 Å². The summed E-state index contributed by atoms with van der Waals surface area (Å²) in [4.78, 5) is 14.5. The van der Waals surface area contributed by atoms with Gasteiger partial charge in [0.2, 0.25) is 5.91 Å². The van der Waals surface area contributed by atoms with Gasteiger partial charge < -0.3 is 10.1 Å². The van der Waals surface area contributed by atoms with Crippen LogP contribution in [0.25, 0.3) is 0 Å². The summed E-state index contributed by atoms with van der Waals surface area (Å²) in [5, 5.41) is 7.21. The number of aromatic nitrogens is 2. The normalized spacial score (nSPS) is 15.9. The Morgan fingerprint density at radius 3 is 2.60 bits per heavy atom. The minimum atomic E-state index is 0.0315. The molecule has 0 radical (unpaired) electrons. The van der Waals surface area contributed by atoms with E-state index in [2.05, 4.69) is 21.5 Å². The highest BCUT2D eigenvalue weighted by Crippen LogP contribution is 2.27. The predicted molar refractivity (Wildman–Crippen MR) is 97.9 cm³/mol. The molecular formula is C19H26N4O2. The molecule has 0 unspecified atom stereocenters. The lowest BCUT2D eigenvalue weighted by Gasteiger charge is -2.31.